The van der Waals surface area contributed by atoms with E-state index in [1.165, 1.54) is 11.1 Å². The van der Waals surface area contributed by atoms with Crippen molar-refractivity contribution in [3.63, 3.8) is 0 Å². The summed E-state index contributed by atoms with van der Waals surface area (Å²) < 4.78 is 2.17. The zero-order valence-corrected chi connectivity index (χ0v) is 14.4. The summed E-state index contributed by atoms with van der Waals surface area (Å²) in [6.07, 6.45) is 1.84. The molecule has 0 saturated carbocycles. The van der Waals surface area contributed by atoms with E-state index in [9.17, 15) is 0 Å². The molecule has 20 heavy (non-hydrogen) atoms. The molecule has 0 unspecified atom stereocenters. The van der Waals surface area contributed by atoms with E-state index in [-0.39, 0.29) is 0 Å². The van der Waals surface area contributed by atoms with Gasteiger partial charge in [-0.05, 0) is 59.4 Å². The van der Waals surface area contributed by atoms with Crippen LogP contribution in [0.5, 0.6) is 0 Å². The third kappa shape index (κ3) is 4.19. The minimum Gasteiger partial charge on any atom is -0.0952 e. The lowest BCUT2D eigenvalue weighted by molar-refractivity contribution is 1.09. The van der Waals surface area contributed by atoms with Gasteiger partial charge in [-0.1, -0.05) is 69.3 Å². The first-order chi connectivity index (χ1) is 9.56. The lowest BCUT2D eigenvalue weighted by Gasteiger charge is -2.09. The van der Waals surface area contributed by atoms with Crippen LogP contribution in [0.1, 0.15) is 24.0 Å². The summed E-state index contributed by atoms with van der Waals surface area (Å²) in [6.45, 7) is 8.36. The van der Waals surface area contributed by atoms with Crippen LogP contribution < -0.4 is 0 Å². The molecule has 0 heterocycles. The van der Waals surface area contributed by atoms with Gasteiger partial charge in [-0.15, -0.1) is 0 Å². The number of halogens is 2. The highest BCUT2D eigenvalue weighted by Crippen LogP contribution is 2.27. The Kier molecular flexibility index (Phi) is 5.38. The fraction of sp³-hybridized carbons (Fsp3) is 0.111. The van der Waals surface area contributed by atoms with Crippen molar-refractivity contribution in [2.75, 3.05) is 0 Å². The van der Waals surface area contributed by atoms with E-state index < -0.39 is 0 Å². The molecule has 0 amide bonds. The van der Waals surface area contributed by atoms with Crippen molar-refractivity contribution in [3.8, 4) is 0 Å². The molecule has 0 saturated heterocycles. The van der Waals surface area contributed by atoms with Crippen molar-refractivity contribution in [1.29, 1.82) is 0 Å². The average Bonchev–Trinajstić information content (AvgIpc) is 2.44. The van der Waals surface area contributed by atoms with Crippen molar-refractivity contribution in [2.45, 2.75) is 12.8 Å². The van der Waals surface area contributed by atoms with E-state index in [1.807, 2.05) is 24.3 Å². The third-order valence-corrected chi connectivity index (χ3v) is 4.18. The monoisotopic (exact) mass is 390 g/mol. The van der Waals surface area contributed by atoms with Gasteiger partial charge in [0.05, 0.1) is 0 Å². The number of rotatable bonds is 5. The molecule has 0 aromatic heterocycles. The molecule has 102 valence electrons. The van der Waals surface area contributed by atoms with Crippen LogP contribution in [0.15, 0.2) is 70.6 Å². The molecule has 0 atom stereocenters. The van der Waals surface area contributed by atoms with E-state index in [4.69, 9.17) is 0 Å². The zero-order valence-electron chi connectivity index (χ0n) is 11.2. The standard InChI is InChI=1S/C18H16Br2/c1-13(15-5-3-7-17(19)11-15)9-10-14(2)16-6-4-8-18(20)12-16/h3-8,11-12H,1-2,9-10H2. The topological polar surface area (TPSA) is 0 Å². The molecule has 0 aliphatic heterocycles. The van der Waals surface area contributed by atoms with Crippen LogP contribution in [-0.4, -0.2) is 0 Å². The molecule has 2 heteroatoms. The van der Waals surface area contributed by atoms with Gasteiger partial charge < -0.3 is 0 Å². The summed E-state index contributed by atoms with van der Waals surface area (Å²) in [7, 11) is 0. The van der Waals surface area contributed by atoms with Gasteiger partial charge in [-0.25, -0.2) is 0 Å². The molecular weight excluding hydrogens is 376 g/mol. The second-order valence-electron chi connectivity index (χ2n) is 4.73. The minimum atomic E-state index is 0.918. The number of hydrogen-bond donors (Lipinski definition) is 0. The maximum absolute atomic E-state index is 4.18. The summed E-state index contributed by atoms with van der Waals surface area (Å²) in [5.74, 6) is 0. The smallest absolute Gasteiger partial charge is 0.0181 e. The van der Waals surface area contributed by atoms with Crippen LogP contribution in [0.4, 0.5) is 0 Å². The first-order valence-electron chi connectivity index (χ1n) is 6.43. The lowest BCUT2D eigenvalue weighted by Crippen LogP contribution is -1.87. The van der Waals surface area contributed by atoms with E-state index >= 15 is 0 Å². The molecule has 0 fully saturated rings. The van der Waals surface area contributed by atoms with Crippen LogP contribution in [0.2, 0.25) is 0 Å². The summed E-state index contributed by atoms with van der Waals surface area (Å²) in [5, 5.41) is 0. The number of allylic oxidation sites excluding steroid dienone is 2. The van der Waals surface area contributed by atoms with Gasteiger partial charge in [0, 0.05) is 8.95 Å². The van der Waals surface area contributed by atoms with E-state index in [2.05, 4.69) is 69.3 Å². The van der Waals surface area contributed by atoms with Crippen LogP contribution in [0, 0.1) is 0 Å². The van der Waals surface area contributed by atoms with Crippen LogP contribution in [0.3, 0.4) is 0 Å². The Labute approximate surface area is 137 Å². The normalized spacial score (nSPS) is 10.3. The third-order valence-electron chi connectivity index (χ3n) is 3.19. The highest BCUT2D eigenvalue weighted by Gasteiger charge is 2.04. The van der Waals surface area contributed by atoms with Gasteiger partial charge in [0.15, 0.2) is 0 Å². The maximum atomic E-state index is 4.18. The van der Waals surface area contributed by atoms with Crippen molar-refractivity contribution >= 4 is 43.0 Å². The predicted octanol–water partition coefficient (Wildman–Crippen LogP) is 6.72. The lowest BCUT2D eigenvalue weighted by atomic mass is 9.97. The molecule has 2 aromatic rings. The molecule has 0 aliphatic rings. The fourth-order valence-corrected chi connectivity index (χ4v) is 2.81. The van der Waals surface area contributed by atoms with Crippen molar-refractivity contribution < 1.29 is 0 Å². The summed E-state index contributed by atoms with van der Waals surface area (Å²) in [6, 6.07) is 16.5. The van der Waals surface area contributed by atoms with Crippen LogP contribution in [-0.2, 0) is 0 Å². The van der Waals surface area contributed by atoms with Crippen LogP contribution in [0.25, 0.3) is 11.1 Å². The Morgan fingerprint density at radius 2 is 1.15 bits per heavy atom. The molecule has 2 rings (SSSR count). The number of benzene rings is 2. The van der Waals surface area contributed by atoms with E-state index in [0.717, 1.165) is 32.9 Å². The first kappa shape index (κ1) is 15.3. The van der Waals surface area contributed by atoms with E-state index in [1.54, 1.807) is 0 Å². The van der Waals surface area contributed by atoms with Crippen LogP contribution >= 0.6 is 31.9 Å². The molecule has 2 aromatic carbocycles. The highest BCUT2D eigenvalue weighted by molar-refractivity contribution is 9.10. The molecule has 0 nitrogen and oxygen atoms in total. The van der Waals surface area contributed by atoms with Gasteiger partial charge >= 0.3 is 0 Å². The Hall–Kier alpha value is -1.12. The number of hydrogen-bond acceptors (Lipinski definition) is 0. The van der Waals surface area contributed by atoms with Crippen molar-refractivity contribution in [3.05, 3.63) is 81.8 Å². The Bertz CT molecular complexity index is 584. The largest absolute Gasteiger partial charge is 0.0952 e. The molecular formula is C18H16Br2. The highest BCUT2D eigenvalue weighted by atomic mass is 79.9. The molecule has 0 aliphatic carbocycles. The quantitative estimate of drug-likeness (QED) is 0.530. The minimum absolute atomic E-state index is 0.918. The van der Waals surface area contributed by atoms with Gasteiger partial charge in [-0.2, -0.15) is 0 Å². The summed E-state index contributed by atoms with van der Waals surface area (Å²) in [5.41, 5.74) is 4.65. The molecule has 0 radical (unpaired) electrons. The summed E-state index contributed by atoms with van der Waals surface area (Å²) in [4.78, 5) is 0. The molecule has 0 bridgehead atoms. The second-order valence-corrected chi connectivity index (χ2v) is 6.56. The molecule has 0 N–H and O–H groups in total. The molecule has 0 spiro atoms. The first-order valence-corrected chi connectivity index (χ1v) is 8.02. The Balaban J connectivity index is 1.98. The zero-order chi connectivity index (χ0) is 14.5. The SMILES string of the molecule is C=C(CCC(=C)c1cccc(Br)c1)c1cccc(Br)c1. The fourth-order valence-electron chi connectivity index (χ4n) is 2.01. The van der Waals surface area contributed by atoms with Gasteiger partial charge in [0.2, 0.25) is 0 Å². The second kappa shape index (κ2) is 7.05. The van der Waals surface area contributed by atoms with Crippen molar-refractivity contribution in [1.82, 2.24) is 0 Å². The maximum Gasteiger partial charge on any atom is 0.0181 e. The van der Waals surface area contributed by atoms with Gasteiger partial charge in [0.1, 0.15) is 0 Å². The van der Waals surface area contributed by atoms with E-state index in [0.29, 0.717) is 0 Å². The summed E-state index contributed by atoms with van der Waals surface area (Å²) >= 11 is 6.98. The van der Waals surface area contributed by atoms with Crippen molar-refractivity contribution in [2.24, 2.45) is 0 Å². The Morgan fingerprint density at radius 1 is 0.750 bits per heavy atom. The van der Waals surface area contributed by atoms with Gasteiger partial charge in [-0.3, -0.25) is 0 Å². The predicted molar refractivity (Wildman–Crippen MR) is 95.6 cm³/mol. The Morgan fingerprint density at radius 3 is 1.50 bits per heavy atom. The average molecular weight is 392 g/mol. The van der Waals surface area contributed by atoms with Gasteiger partial charge in [0.25, 0.3) is 0 Å².